The normalized spacial score (nSPS) is 19.8. The number of aromatic nitrogens is 4. The first-order valence-electron chi connectivity index (χ1n) is 8.25. The van der Waals surface area contributed by atoms with Crippen molar-refractivity contribution in [2.75, 3.05) is 13.1 Å². The van der Waals surface area contributed by atoms with Crippen molar-refractivity contribution < 1.29 is 4.79 Å². The Morgan fingerprint density at radius 1 is 1.39 bits per heavy atom. The van der Waals surface area contributed by atoms with Crippen LogP contribution in [0.15, 0.2) is 18.7 Å². The van der Waals surface area contributed by atoms with Gasteiger partial charge in [-0.2, -0.15) is 5.10 Å². The van der Waals surface area contributed by atoms with Crippen LogP contribution in [-0.2, 0) is 11.8 Å². The van der Waals surface area contributed by atoms with E-state index in [4.69, 9.17) is 0 Å². The van der Waals surface area contributed by atoms with Crippen LogP contribution in [0.2, 0.25) is 0 Å². The first-order chi connectivity index (χ1) is 11.0. The monoisotopic (exact) mass is 315 g/mol. The topological polar surface area (TPSA) is 56.0 Å². The molecular formula is C17H25N5O. The number of carbonyl (C=O) groups excluding carboxylic acids is 1. The molecular weight excluding hydrogens is 290 g/mol. The molecule has 2 aromatic heterocycles. The molecule has 1 fully saturated rings. The van der Waals surface area contributed by atoms with E-state index in [9.17, 15) is 4.79 Å². The Balaban J connectivity index is 1.77. The summed E-state index contributed by atoms with van der Waals surface area (Å²) < 4.78 is 3.98. The van der Waals surface area contributed by atoms with Crippen LogP contribution in [0.25, 0.3) is 0 Å². The number of likely N-dealkylation sites (tertiary alicyclic amines) is 1. The van der Waals surface area contributed by atoms with Crippen LogP contribution in [0, 0.1) is 13.8 Å². The lowest BCUT2D eigenvalue weighted by Crippen LogP contribution is -2.42. The molecule has 3 heterocycles. The van der Waals surface area contributed by atoms with E-state index in [1.54, 1.807) is 6.20 Å². The van der Waals surface area contributed by atoms with Gasteiger partial charge < -0.3 is 9.47 Å². The van der Waals surface area contributed by atoms with E-state index in [0.29, 0.717) is 6.04 Å². The average Bonchev–Trinajstić information content (AvgIpc) is 3.16. The van der Waals surface area contributed by atoms with Gasteiger partial charge in [-0.05, 0) is 33.6 Å². The summed E-state index contributed by atoms with van der Waals surface area (Å²) in [6.07, 6.45) is 7.76. The summed E-state index contributed by atoms with van der Waals surface area (Å²) in [7, 11) is 1.93. The van der Waals surface area contributed by atoms with Crippen LogP contribution in [-0.4, -0.2) is 43.2 Å². The molecule has 2 atom stereocenters. The van der Waals surface area contributed by atoms with Crippen molar-refractivity contribution in [3.8, 4) is 0 Å². The second kappa shape index (κ2) is 6.18. The molecule has 6 nitrogen and oxygen atoms in total. The Bertz CT molecular complexity index is 688. The predicted molar refractivity (Wildman–Crippen MR) is 88.2 cm³/mol. The highest BCUT2D eigenvalue weighted by Crippen LogP contribution is 2.28. The molecule has 0 bridgehead atoms. The molecule has 0 aliphatic carbocycles. The maximum atomic E-state index is 13.0. The summed E-state index contributed by atoms with van der Waals surface area (Å²) in [5, 5.41) is 4.45. The molecule has 0 aromatic carbocycles. The summed E-state index contributed by atoms with van der Waals surface area (Å²) in [6.45, 7) is 7.62. The number of carbonyl (C=O) groups is 1. The van der Waals surface area contributed by atoms with Crippen LogP contribution in [0.1, 0.15) is 48.7 Å². The standard InChI is InChI=1S/C17H25N5O/c1-12(16-13(2)19-20(4)14(16)3)17(23)21-8-5-6-15(10-21)22-9-7-18-11-22/h7,9,11-12,15H,5-6,8,10H2,1-4H3/t12-,15-/m0/s1. The summed E-state index contributed by atoms with van der Waals surface area (Å²) >= 11 is 0. The molecule has 1 aliphatic rings. The summed E-state index contributed by atoms with van der Waals surface area (Å²) in [5.74, 6) is 0.0549. The zero-order valence-electron chi connectivity index (χ0n) is 14.4. The lowest BCUT2D eigenvalue weighted by molar-refractivity contribution is -0.134. The fraction of sp³-hybridized carbons (Fsp3) is 0.588. The van der Waals surface area contributed by atoms with Crippen LogP contribution in [0.3, 0.4) is 0 Å². The van der Waals surface area contributed by atoms with Crippen molar-refractivity contribution in [1.82, 2.24) is 24.2 Å². The number of hydrogen-bond donors (Lipinski definition) is 0. The fourth-order valence-corrected chi connectivity index (χ4v) is 3.70. The molecule has 23 heavy (non-hydrogen) atoms. The second-order valence-corrected chi connectivity index (χ2v) is 6.52. The maximum absolute atomic E-state index is 13.0. The minimum absolute atomic E-state index is 0.148. The molecule has 2 aromatic rings. The summed E-state index contributed by atoms with van der Waals surface area (Å²) in [5.41, 5.74) is 3.10. The van der Waals surface area contributed by atoms with Crippen molar-refractivity contribution in [2.24, 2.45) is 7.05 Å². The quantitative estimate of drug-likeness (QED) is 0.872. The van der Waals surface area contributed by atoms with E-state index in [0.717, 1.165) is 42.9 Å². The van der Waals surface area contributed by atoms with Gasteiger partial charge in [-0.3, -0.25) is 9.48 Å². The van der Waals surface area contributed by atoms with Crippen molar-refractivity contribution in [2.45, 2.75) is 45.6 Å². The summed E-state index contributed by atoms with van der Waals surface area (Å²) in [4.78, 5) is 19.1. The molecule has 0 N–H and O–H groups in total. The SMILES string of the molecule is Cc1nn(C)c(C)c1[C@H](C)C(=O)N1CCC[C@H](n2ccnc2)C1. The van der Waals surface area contributed by atoms with E-state index in [1.807, 2.05) is 49.9 Å². The fourth-order valence-electron chi connectivity index (χ4n) is 3.70. The molecule has 0 spiro atoms. The van der Waals surface area contributed by atoms with Crippen LogP contribution in [0.5, 0.6) is 0 Å². The van der Waals surface area contributed by atoms with Gasteiger partial charge in [0, 0.05) is 43.8 Å². The van der Waals surface area contributed by atoms with Crippen LogP contribution in [0.4, 0.5) is 0 Å². The third-order valence-electron chi connectivity index (χ3n) is 5.02. The zero-order valence-corrected chi connectivity index (χ0v) is 14.4. The van der Waals surface area contributed by atoms with Crippen LogP contribution >= 0.6 is 0 Å². The maximum Gasteiger partial charge on any atom is 0.230 e. The molecule has 1 saturated heterocycles. The molecule has 0 radical (unpaired) electrons. The minimum atomic E-state index is -0.148. The van der Waals surface area contributed by atoms with Crippen molar-refractivity contribution in [3.63, 3.8) is 0 Å². The lowest BCUT2D eigenvalue weighted by Gasteiger charge is -2.35. The Hall–Kier alpha value is -2.11. The van der Waals surface area contributed by atoms with E-state index in [1.165, 1.54) is 0 Å². The van der Waals surface area contributed by atoms with E-state index in [-0.39, 0.29) is 11.8 Å². The van der Waals surface area contributed by atoms with Gasteiger partial charge in [0.15, 0.2) is 0 Å². The number of nitrogens with zero attached hydrogens (tertiary/aromatic N) is 5. The number of hydrogen-bond acceptors (Lipinski definition) is 3. The Morgan fingerprint density at radius 3 is 2.78 bits per heavy atom. The lowest BCUT2D eigenvalue weighted by atomic mass is 9.96. The Kier molecular flexibility index (Phi) is 4.24. The van der Waals surface area contributed by atoms with E-state index < -0.39 is 0 Å². The number of rotatable bonds is 3. The van der Waals surface area contributed by atoms with Gasteiger partial charge in [-0.15, -0.1) is 0 Å². The third kappa shape index (κ3) is 2.90. The van der Waals surface area contributed by atoms with Gasteiger partial charge in [0.1, 0.15) is 0 Å². The number of amides is 1. The Labute approximate surface area is 137 Å². The van der Waals surface area contributed by atoms with E-state index in [2.05, 4.69) is 14.6 Å². The van der Waals surface area contributed by atoms with Gasteiger partial charge >= 0.3 is 0 Å². The molecule has 1 amide bonds. The van der Waals surface area contributed by atoms with Crippen LogP contribution < -0.4 is 0 Å². The predicted octanol–water partition coefficient (Wildman–Crippen LogP) is 2.20. The number of imidazole rings is 1. The molecule has 1 aliphatic heterocycles. The third-order valence-corrected chi connectivity index (χ3v) is 5.02. The van der Waals surface area contributed by atoms with E-state index >= 15 is 0 Å². The molecule has 0 unspecified atom stereocenters. The highest BCUT2D eigenvalue weighted by molar-refractivity contribution is 5.84. The first-order valence-corrected chi connectivity index (χ1v) is 8.25. The number of piperidine rings is 1. The van der Waals surface area contributed by atoms with Gasteiger partial charge in [0.25, 0.3) is 0 Å². The highest BCUT2D eigenvalue weighted by atomic mass is 16.2. The van der Waals surface area contributed by atoms with Gasteiger partial charge in [-0.1, -0.05) is 0 Å². The smallest absolute Gasteiger partial charge is 0.230 e. The first kappa shape index (κ1) is 15.8. The molecule has 3 rings (SSSR count). The number of aryl methyl sites for hydroxylation is 2. The second-order valence-electron chi connectivity index (χ2n) is 6.52. The largest absolute Gasteiger partial charge is 0.340 e. The highest BCUT2D eigenvalue weighted by Gasteiger charge is 2.30. The summed E-state index contributed by atoms with van der Waals surface area (Å²) in [6, 6.07) is 0.332. The van der Waals surface area contributed by atoms with Crippen molar-refractivity contribution in [3.05, 3.63) is 35.7 Å². The average molecular weight is 315 g/mol. The van der Waals surface area contributed by atoms with Gasteiger partial charge in [0.05, 0.1) is 24.0 Å². The Morgan fingerprint density at radius 2 is 2.17 bits per heavy atom. The molecule has 0 saturated carbocycles. The van der Waals surface area contributed by atoms with Crippen molar-refractivity contribution >= 4 is 5.91 Å². The van der Waals surface area contributed by atoms with Crippen molar-refractivity contribution in [1.29, 1.82) is 0 Å². The molecule has 124 valence electrons. The minimum Gasteiger partial charge on any atom is -0.340 e. The zero-order chi connectivity index (χ0) is 16.6. The van der Waals surface area contributed by atoms with Gasteiger partial charge in [0.2, 0.25) is 5.91 Å². The van der Waals surface area contributed by atoms with Gasteiger partial charge in [-0.25, -0.2) is 4.98 Å². The molecule has 6 heteroatoms.